The number of aromatic nitrogens is 2. The van der Waals surface area contributed by atoms with Crippen molar-refractivity contribution in [1.29, 1.82) is 0 Å². The highest BCUT2D eigenvalue weighted by Gasteiger charge is 2.32. The molecule has 0 fully saturated rings. The quantitative estimate of drug-likeness (QED) is 0.786. The molecule has 0 saturated heterocycles. The predicted molar refractivity (Wildman–Crippen MR) is 55.3 cm³/mol. The summed E-state index contributed by atoms with van der Waals surface area (Å²) < 4.78 is 37.0. The molecule has 1 aromatic heterocycles. The van der Waals surface area contributed by atoms with E-state index < -0.39 is 19.3 Å². The van der Waals surface area contributed by atoms with Crippen molar-refractivity contribution >= 4 is 5.82 Å². The number of nitrogens with two attached hydrogens (primary N) is 1. The van der Waals surface area contributed by atoms with Crippen LogP contribution in [-0.2, 0) is 6.54 Å². The van der Waals surface area contributed by atoms with Gasteiger partial charge >= 0.3 is 6.18 Å². The van der Waals surface area contributed by atoms with Crippen LogP contribution in [0.4, 0.5) is 19.0 Å². The number of alkyl halides is 3. The van der Waals surface area contributed by atoms with Gasteiger partial charge in [-0.2, -0.15) is 18.3 Å². The monoisotopic (exact) mass is 250 g/mol. The van der Waals surface area contributed by atoms with Gasteiger partial charge in [-0.05, 0) is 6.07 Å². The molecule has 1 rings (SSSR count). The first-order chi connectivity index (χ1) is 7.98. The Labute approximate surface area is 96.1 Å². The summed E-state index contributed by atoms with van der Waals surface area (Å²) in [5.74, 6) is 0.0568. The highest BCUT2D eigenvalue weighted by Crippen LogP contribution is 2.22. The maximum Gasteiger partial charge on any atom is 0.405 e. The highest BCUT2D eigenvalue weighted by molar-refractivity contribution is 5.45. The molecule has 17 heavy (non-hydrogen) atoms. The van der Waals surface area contributed by atoms with Gasteiger partial charge in [0.05, 0.1) is 12.8 Å². The lowest BCUT2D eigenvalue weighted by molar-refractivity contribution is -0.120. The van der Waals surface area contributed by atoms with Crippen LogP contribution in [0.25, 0.3) is 0 Å². The van der Waals surface area contributed by atoms with Crippen LogP contribution < -0.4 is 10.6 Å². The Bertz CT molecular complexity index is 358. The molecular formula is C9H13F3N4O. The van der Waals surface area contributed by atoms with Crippen LogP contribution in [0.15, 0.2) is 12.3 Å². The fourth-order valence-corrected chi connectivity index (χ4v) is 1.37. The molecule has 0 aliphatic rings. The molecular weight excluding hydrogens is 237 g/mol. The number of rotatable bonds is 5. The van der Waals surface area contributed by atoms with E-state index in [4.69, 9.17) is 10.8 Å². The molecule has 0 radical (unpaired) electrons. The van der Waals surface area contributed by atoms with Gasteiger partial charge in [0.25, 0.3) is 0 Å². The van der Waals surface area contributed by atoms with Crippen molar-refractivity contribution in [2.24, 2.45) is 5.73 Å². The minimum Gasteiger partial charge on any atom is -0.395 e. The zero-order chi connectivity index (χ0) is 12.9. The summed E-state index contributed by atoms with van der Waals surface area (Å²) in [5.41, 5.74) is 5.87. The number of anilines is 1. The zero-order valence-electron chi connectivity index (χ0n) is 8.98. The minimum atomic E-state index is -4.38. The van der Waals surface area contributed by atoms with Crippen molar-refractivity contribution in [3.63, 3.8) is 0 Å². The van der Waals surface area contributed by atoms with Gasteiger partial charge in [-0.15, -0.1) is 5.10 Å². The van der Waals surface area contributed by atoms with Gasteiger partial charge in [-0.3, -0.25) is 0 Å². The van der Waals surface area contributed by atoms with Gasteiger partial charge in [0.1, 0.15) is 6.54 Å². The Morgan fingerprint density at radius 2 is 2.12 bits per heavy atom. The van der Waals surface area contributed by atoms with Gasteiger partial charge in [0, 0.05) is 18.7 Å². The van der Waals surface area contributed by atoms with E-state index >= 15 is 0 Å². The summed E-state index contributed by atoms with van der Waals surface area (Å²) in [6.07, 6.45) is -3.02. The molecule has 8 heteroatoms. The minimum absolute atomic E-state index is 0.0568. The van der Waals surface area contributed by atoms with E-state index in [1.54, 1.807) is 0 Å². The topological polar surface area (TPSA) is 75.3 Å². The maximum atomic E-state index is 12.3. The Morgan fingerprint density at radius 3 is 2.65 bits per heavy atom. The van der Waals surface area contributed by atoms with Crippen LogP contribution in [0.5, 0.6) is 0 Å². The summed E-state index contributed by atoms with van der Waals surface area (Å²) in [7, 11) is 0. The Kier molecular flexibility index (Phi) is 4.64. The summed E-state index contributed by atoms with van der Waals surface area (Å²) in [6, 6.07) is 1.50. The number of aliphatic hydroxyl groups excluding tert-OH is 1. The third-order valence-electron chi connectivity index (χ3n) is 2.04. The second kappa shape index (κ2) is 5.78. The SMILES string of the molecule is NCc1ccnnc1N(CCO)CC(F)(F)F. The van der Waals surface area contributed by atoms with Crippen molar-refractivity contribution in [1.82, 2.24) is 10.2 Å². The summed E-state index contributed by atoms with van der Waals surface area (Å²) in [4.78, 5) is 0.912. The molecule has 0 aliphatic heterocycles. The number of aliphatic hydroxyl groups is 1. The van der Waals surface area contributed by atoms with Crippen molar-refractivity contribution in [3.05, 3.63) is 17.8 Å². The van der Waals surface area contributed by atoms with Crippen molar-refractivity contribution in [2.45, 2.75) is 12.7 Å². The Balaban J connectivity index is 2.96. The van der Waals surface area contributed by atoms with Crippen LogP contribution in [0.3, 0.4) is 0 Å². The van der Waals surface area contributed by atoms with Gasteiger partial charge < -0.3 is 15.7 Å². The van der Waals surface area contributed by atoms with Gasteiger partial charge in [-0.25, -0.2) is 0 Å². The molecule has 0 aromatic carbocycles. The first-order valence-corrected chi connectivity index (χ1v) is 4.91. The highest BCUT2D eigenvalue weighted by atomic mass is 19.4. The van der Waals surface area contributed by atoms with Crippen molar-refractivity contribution in [2.75, 3.05) is 24.6 Å². The van der Waals surface area contributed by atoms with E-state index in [-0.39, 0.29) is 18.9 Å². The van der Waals surface area contributed by atoms with Crippen LogP contribution >= 0.6 is 0 Å². The molecule has 1 aromatic rings. The second-order valence-electron chi connectivity index (χ2n) is 3.34. The summed E-state index contributed by atoms with van der Waals surface area (Å²) in [6.45, 7) is -1.72. The average Bonchev–Trinajstić information content (AvgIpc) is 2.27. The molecule has 0 bridgehead atoms. The molecule has 0 saturated carbocycles. The molecule has 0 atom stereocenters. The van der Waals surface area contributed by atoms with Crippen LogP contribution in [0, 0.1) is 0 Å². The first-order valence-electron chi connectivity index (χ1n) is 4.91. The fourth-order valence-electron chi connectivity index (χ4n) is 1.37. The Hall–Kier alpha value is -1.41. The first kappa shape index (κ1) is 13.7. The molecule has 0 unspecified atom stereocenters. The molecule has 96 valence electrons. The third kappa shape index (κ3) is 4.16. The van der Waals surface area contributed by atoms with E-state index in [2.05, 4.69) is 10.2 Å². The van der Waals surface area contributed by atoms with E-state index in [1.807, 2.05) is 0 Å². The lowest BCUT2D eigenvalue weighted by Gasteiger charge is -2.25. The van der Waals surface area contributed by atoms with E-state index in [0.717, 1.165) is 4.90 Å². The van der Waals surface area contributed by atoms with Gasteiger partial charge in [-0.1, -0.05) is 0 Å². The Morgan fingerprint density at radius 1 is 1.41 bits per heavy atom. The maximum absolute atomic E-state index is 12.3. The zero-order valence-corrected chi connectivity index (χ0v) is 8.98. The van der Waals surface area contributed by atoms with Gasteiger partial charge in [0.15, 0.2) is 5.82 Å². The van der Waals surface area contributed by atoms with Gasteiger partial charge in [0.2, 0.25) is 0 Å². The molecule has 0 amide bonds. The molecule has 1 heterocycles. The fraction of sp³-hybridized carbons (Fsp3) is 0.556. The standard InChI is InChI=1S/C9H13F3N4O/c10-9(11,12)6-16(3-4-17)8-7(5-13)1-2-14-15-8/h1-2,17H,3-6,13H2. The van der Waals surface area contributed by atoms with Crippen LogP contribution in [0.1, 0.15) is 5.56 Å². The van der Waals surface area contributed by atoms with E-state index in [0.29, 0.717) is 5.56 Å². The van der Waals surface area contributed by atoms with E-state index in [1.165, 1.54) is 12.3 Å². The third-order valence-corrected chi connectivity index (χ3v) is 2.04. The molecule has 3 N–H and O–H groups in total. The number of halogens is 3. The van der Waals surface area contributed by atoms with E-state index in [9.17, 15) is 13.2 Å². The van der Waals surface area contributed by atoms with Crippen molar-refractivity contribution in [3.8, 4) is 0 Å². The number of hydrogen-bond donors (Lipinski definition) is 2. The number of hydrogen-bond acceptors (Lipinski definition) is 5. The van der Waals surface area contributed by atoms with Crippen LogP contribution in [-0.4, -0.2) is 41.2 Å². The van der Waals surface area contributed by atoms with Crippen LogP contribution in [0.2, 0.25) is 0 Å². The lowest BCUT2D eigenvalue weighted by Crippen LogP contribution is -2.37. The lowest BCUT2D eigenvalue weighted by atomic mass is 10.2. The second-order valence-corrected chi connectivity index (χ2v) is 3.34. The smallest absolute Gasteiger partial charge is 0.395 e. The van der Waals surface area contributed by atoms with Crippen molar-refractivity contribution < 1.29 is 18.3 Å². The average molecular weight is 250 g/mol. The largest absolute Gasteiger partial charge is 0.405 e. The number of nitrogens with zero attached hydrogens (tertiary/aromatic N) is 3. The molecule has 0 spiro atoms. The summed E-state index contributed by atoms with van der Waals surface area (Å²) in [5, 5.41) is 15.9. The normalized spacial score (nSPS) is 11.6. The molecule has 5 nitrogen and oxygen atoms in total. The predicted octanol–water partition coefficient (Wildman–Crippen LogP) is 0.296. The summed E-state index contributed by atoms with van der Waals surface area (Å²) >= 11 is 0. The molecule has 0 aliphatic carbocycles.